The molecule has 0 saturated carbocycles. The van der Waals surface area contributed by atoms with Crippen LogP contribution in [0.15, 0.2) is 48.5 Å². The second-order valence-corrected chi connectivity index (χ2v) is 6.91. The van der Waals surface area contributed by atoms with Crippen molar-refractivity contribution in [2.24, 2.45) is 0 Å². The SMILES string of the molecule is CCc1ccccc1NC(=O)C[NH+](C)CC(=O)N1CC(=O)Nc2ccccc21. The normalized spacial score (nSPS) is 14.1. The van der Waals surface area contributed by atoms with Crippen LogP contribution in [0.3, 0.4) is 0 Å². The van der Waals surface area contributed by atoms with Gasteiger partial charge in [-0.25, -0.2) is 0 Å². The number of aryl methyl sites for hydroxylation is 1. The predicted octanol–water partition coefficient (Wildman–Crippen LogP) is 0.688. The van der Waals surface area contributed by atoms with Crippen molar-refractivity contribution in [1.82, 2.24) is 0 Å². The first-order chi connectivity index (χ1) is 13.5. The number of quaternary nitrogens is 1. The number of benzene rings is 2. The molecule has 7 heteroatoms. The largest absolute Gasteiger partial charge is 0.323 e. The van der Waals surface area contributed by atoms with Crippen LogP contribution in [0.2, 0.25) is 0 Å². The van der Waals surface area contributed by atoms with E-state index in [1.807, 2.05) is 43.3 Å². The summed E-state index contributed by atoms with van der Waals surface area (Å²) in [7, 11) is 1.79. The summed E-state index contributed by atoms with van der Waals surface area (Å²) in [5.41, 5.74) is 3.18. The van der Waals surface area contributed by atoms with E-state index in [9.17, 15) is 14.4 Å². The molecule has 0 aliphatic carbocycles. The van der Waals surface area contributed by atoms with Gasteiger partial charge in [-0.15, -0.1) is 0 Å². The van der Waals surface area contributed by atoms with E-state index in [0.717, 1.165) is 22.6 Å². The summed E-state index contributed by atoms with van der Waals surface area (Å²) in [6, 6.07) is 14.9. The second-order valence-electron chi connectivity index (χ2n) is 6.91. The number of hydrogen-bond acceptors (Lipinski definition) is 3. The van der Waals surface area contributed by atoms with Crippen molar-refractivity contribution in [3.63, 3.8) is 0 Å². The fraction of sp³-hybridized carbons (Fsp3) is 0.286. The van der Waals surface area contributed by atoms with Crippen LogP contribution in [0, 0.1) is 0 Å². The zero-order chi connectivity index (χ0) is 20.1. The first-order valence-electron chi connectivity index (χ1n) is 9.36. The lowest BCUT2D eigenvalue weighted by molar-refractivity contribution is -0.862. The molecule has 1 heterocycles. The molecule has 2 aromatic rings. The van der Waals surface area contributed by atoms with Gasteiger partial charge in [0.05, 0.1) is 18.4 Å². The van der Waals surface area contributed by atoms with Gasteiger partial charge in [0.1, 0.15) is 6.54 Å². The van der Waals surface area contributed by atoms with E-state index in [4.69, 9.17) is 0 Å². The lowest BCUT2D eigenvalue weighted by Crippen LogP contribution is -3.11. The Hall–Kier alpha value is -3.19. The summed E-state index contributed by atoms with van der Waals surface area (Å²) in [5, 5.41) is 5.68. The number of amides is 3. The van der Waals surface area contributed by atoms with E-state index in [-0.39, 0.29) is 37.4 Å². The van der Waals surface area contributed by atoms with Crippen LogP contribution in [0.5, 0.6) is 0 Å². The highest BCUT2D eigenvalue weighted by Crippen LogP contribution is 2.28. The Balaban J connectivity index is 1.60. The van der Waals surface area contributed by atoms with E-state index >= 15 is 0 Å². The summed E-state index contributed by atoms with van der Waals surface area (Å²) < 4.78 is 0. The molecule has 3 amide bonds. The van der Waals surface area contributed by atoms with Gasteiger partial charge in [-0.3, -0.25) is 19.3 Å². The number of para-hydroxylation sites is 3. The first kappa shape index (κ1) is 19.6. The second kappa shape index (κ2) is 8.67. The highest BCUT2D eigenvalue weighted by Gasteiger charge is 2.28. The molecule has 3 rings (SSSR count). The van der Waals surface area contributed by atoms with E-state index in [2.05, 4.69) is 10.6 Å². The summed E-state index contributed by atoms with van der Waals surface area (Å²) in [5.74, 6) is -0.567. The Morgan fingerprint density at radius 1 is 1.11 bits per heavy atom. The van der Waals surface area contributed by atoms with E-state index in [1.165, 1.54) is 4.90 Å². The molecule has 0 aromatic heterocycles. The van der Waals surface area contributed by atoms with Crippen molar-refractivity contribution in [3.05, 3.63) is 54.1 Å². The summed E-state index contributed by atoms with van der Waals surface area (Å²) in [4.78, 5) is 39.2. The number of anilines is 3. The van der Waals surface area contributed by atoms with Gasteiger partial charge in [-0.05, 0) is 30.2 Å². The number of hydrogen-bond donors (Lipinski definition) is 3. The molecule has 28 heavy (non-hydrogen) atoms. The van der Waals surface area contributed by atoms with Crippen LogP contribution in [-0.4, -0.2) is 44.4 Å². The van der Waals surface area contributed by atoms with Crippen LogP contribution < -0.4 is 20.4 Å². The van der Waals surface area contributed by atoms with Crippen molar-refractivity contribution in [2.75, 3.05) is 42.2 Å². The van der Waals surface area contributed by atoms with E-state index in [1.54, 1.807) is 19.2 Å². The Kier molecular flexibility index (Phi) is 6.06. The van der Waals surface area contributed by atoms with Gasteiger partial charge >= 0.3 is 0 Å². The Labute approximate surface area is 164 Å². The molecular formula is C21H25N4O3+. The van der Waals surface area contributed by atoms with Crippen molar-refractivity contribution >= 4 is 34.8 Å². The maximum atomic E-state index is 12.8. The van der Waals surface area contributed by atoms with E-state index in [0.29, 0.717) is 11.4 Å². The lowest BCUT2D eigenvalue weighted by atomic mass is 10.1. The Morgan fingerprint density at radius 2 is 1.82 bits per heavy atom. The van der Waals surface area contributed by atoms with Gasteiger partial charge in [0.25, 0.3) is 11.8 Å². The number of carbonyl (C=O) groups excluding carboxylic acids is 3. The van der Waals surface area contributed by atoms with Gasteiger partial charge < -0.3 is 15.5 Å². The van der Waals surface area contributed by atoms with Crippen LogP contribution >= 0.6 is 0 Å². The minimum Gasteiger partial charge on any atom is -0.323 e. The Bertz CT molecular complexity index is 897. The van der Waals surface area contributed by atoms with Gasteiger partial charge in [0.2, 0.25) is 5.91 Å². The number of nitrogens with zero attached hydrogens (tertiary/aromatic N) is 1. The maximum Gasteiger partial charge on any atom is 0.282 e. The zero-order valence-corrected chi connectivity index (χ0v) is 16.1. The molecule has 0 saturated heterocycles. The van der Waals surface area contributed by atoms with Crippen LogP contribution in [0.1, 0.15) is 12.5 Å². The van der Waals surface area contributed by atoms with Crippen molar-refractivity contribution in [1.29, 1.82) is 0 Å². The number of nitrogens with one attached hydrogen (secondary N) is 3. The van der Waals surface area contributed by atoms with Crippen LogP contribution in [-0.2, 0) is 20.8 Å². The van der Waals surface area contributed by atoms with Crippen molar-refractivity contribution in [3.8, 4) is 0 Å². The standard InChI is InChI=1S/C21H24N4O3/c1-3-15-8-4-5-9-16(15)22-19(26)12-24(2)14-21(28)25-13-20(27)23-17-10-6-7-11-18(17)25/h4-11H,3,12-14H2,1-2H3,(H,22,26)(H,23,27)/p+1. The van der Waals surface area contributed by atoms with Crippen LogP contribution in [0.25, 0.3) is 0 Å². The molecule has 0 radical (unpaired) electrons. The van der Waals surface area contributed by atoms with E-state index < -0.39 is 0 Å². The minimum atomic E-state index is -0.224. The number of rotatable bonds is 6. The average molecular weight is 381 g/mol. The van der Waals surface area contributed by atoms with Crippen molar-refractivity contribution < 1.29 is 19.3 Å². The van der Waals surface area contributed by atoms with Gasteiger partial charge in [0, 0.05) is 5.69 Å². The average Bonchev–Trinajstić information content (AvgIpc) is 2.67. The third-order valence-corrected chi connectivity index (χ3v) is 4.66. The van der Waals surface area contributed by atoms with Gasteiger partial charge in [-0.2, -0.15) is 0 Å². The van der Waals surface area contributed by atoms with Gasteiger partial charge in [0.15, 0.2) is 13.1 Å². The minimum absolute atomic E-state index is 0.0147. The predicted molar refractivity (Wildman–Crippen MR) is 108 cm³/mol. The quantitative estimate of drug-likeness (QED) is 0.688. The maximum absolute atomic E-state index is 12.8. The molecule has 1 atom stereocenters. The number of fused-ring (bicyclic) bond motifs is 1. The molecule has 3 N–H and O–H groups in total. The molecule has 1 aliphatic heterocycles. The molecule has 1 aliphatic rings. The smallest absolute Gasteiger partial charge is 0.282 e. The lowest BCUT2D eigenvalue weighted by Gasteiger charge is -2.29. The molecule has 0 spiro atoms. The highest BCUT2D eigenvalue weighted by atomic mass is 16.2. The third kappa shape index (κ3) is 4.55. The highest BCUT2D eigenvalue weighted by molar-refractivity contribution is 6.10. The molecule has 146 valence electrons. The Morgan fingerprint density at radius 3 is 2.61 bits per heavy atom. The topological polar surface area (TPSA) is 83.0 Å². The molecule has 7 nitrogen and oxygen atoms in total. The van der Waals surface area contributed by atoms with Crippen LogP contribution in [0.4, 0.5) is 17.1 Å². The monoisotopic (exact) mass is 381 g/mol. The molecule has 0 fully saturated rings. The molecular weight excluding hydrogens is 356 g/mol. The summed E-state index contributed by atoms with van der Waals surface area (Å²) in [6.07, 6.45) is 0.827. The number of carbonyl (C=O) groups is 3. The third-order valence-electron chi connectivity index (χ3n) is 4.66. The zero-order valence-electron chi connectivity index (χ0n) is 16.1. The number of likely N-dealkylation sites (N-methyl/N-ethyl adjacent to an activating group) is 1. The molecule has 2 aromatic carbocycles. The molecule has 0 bridgehead atoms. The van der Waals surface area contributed by atoms with Gasteiger partial charge in [-0.1, -0.05) is 37.3 Å². The summed E-state index contributed by atoms with van der Waals surface area (Å²) >= 11 is 0. The fourth-order valence-electron chi connectivity index (χ4n) is 3.29. The molecule has 1 unspecified atom stereocenters. The first-order valence-corrected chi connectivity index (χ1v) is 9.36. The van der Waals surface area contributed by atoms with Crippen molar-refractivity contribution in [2.45, 2.75) is 13.3 Å². The fourth-order valence-corrected chi connectivity index (χ4v) is 3.29. The summed E-state index contributed by atoms with van der Waals surface area (Å²) in [6.45, 7) is 2.29.